The zero-order chi connectivity index (χ0) is 13.2. The van der Waals surface area contributed by atoms with Gasteiger partial charge in [0.2, 0.25) is 0 Å². The molecule has 0 bridgehead atoms. The maximum Gasteiger partial charge on any atom is 0.142 e. The molecule has 3 rings (SSSR count). The van der Waals surface area contributed by atoms with E-state index in [1.807, 2.05) is 6.92 Å². The summed E-state index contributed by atoms with van der Waals surface area (Å²) in [4.78, 5) is 0. The Hall–Kier alpha value is -1.42. The first-order valence-electron chi connectivity index (χ1n) is 7.07. The molecule has 4 heteroatoms. The number of ether oxygens (including phenoxy) is 3. The van der Waals surface area contributed by atoms with Gasteiger partial charge in [-0.1, -0.05) is 0 Å². The summed E-state index contributed by atoms with van der Waals surface area (Å²) in [5.41, 5.74) is 2.26. The van der Waals surface area contributed by atoms with Crippen molar-refractivity contribution in [3.05, 3.63) is 17.7 Å². The molecular weight excluding hydrogens is 242 g/mol. The molecule has 0 aliphatic carbocycles. The van der Waals surface area contributed by atoms with Crippen LogP contribution in [0.1, 0.15) is 25.8 Å². The van der Waals surface area contributed by atoms with E-state index < -0.39 is 0 Å². The molecule has 1 saturated heterocycles. The fraction of sp³-hybridized carbons (Fsp3) is 0.600. The quantitative estimate of drug-likeness (QED) is 0.906. The summed E-state index contributed by atoms with van der Waals surface area (Å²) in [6.45, 7) is 6.37. The minimum absolute atomic E-state index is 0.259. The average molecular weight is 263 g/mol. The highest BCUT2D eigenvalue weighted by atomic mass is 16.5. The first kappa shape index (κ1) is 12.6. The highest BCUT2D eigenvalue weighted by Gasteiger charge is 2.23. The van der Waals surface area contributed by atoms with E-state index in [2.05, 4.69) is 24.4 Å². The first-order chi connectivity index (χ1) is 9.26. The summed E-state index contributed by atoms with van der Waals surface area (Å²) in [5, 5.41) is 3.51. The minimum atomic E-state index is 0.259. The van der Waals surface area contributed by atoms with Crippen LogP contribution < -0.4 is 14.8 Å². The topological polar surface area (TPSA) is 39.7 Å². The lowest BCUT2D eigenvalue weighted by Crippen LogP contribution is -2.19. The predicted molar refractivity (Wildman–Crippen MR) is 74.3 cm³/mol. The van der Waals surface area contributed by atoms with E-state index in [-0.39, 0.29) is 6.10 Å². The summed E-state index contributed by atoms with van der Waals surface area (Å²) < 4.78 is 17.0. The molecule has 104 valence electrons. The van der Waals surface area contributed by atoms with Crippen LogP contribution in [0.3, 0.4) is 0 Å². The van der Waals surface area contributed by atoms with E-state index in [9.17, 15) is 0 Å². The van der Waals surface area contributed by atoms with Gasteiger partial charge in [-0.05, 0) is 26.3 Å². The van der Waals surface area contributed by atoms with Crippen LogP contribution in [0.5, 0.6) is 11.5 Å². The molecule has 0 unspecified atom stereocenters. The highest BCUT2D eigenvalue weighted by molar-refractivity contribution is 5.63. The van der Waals surface area contributed by atoms with Crippen LogP contribution in [-0.2, 0) is 11.2 Å². The Kier molecular flexibility index (Phi) is 3.51. The molecule has 4 nitrogen and oxygen atoms in total. The van der Waals surface area contributed by atoms with E-state index in [4.69, 9.17) is 14.2 Å². The molecule has 1 N–H and O–H groups in total. The SMILES string of the molecule is CCOc1cc2c(cc1N[C@H]1CCOC1)O[C@H](C)C2. The third-order valence-corrected chi connectivity index (χ3v) is 3.59. The Morgan fingerprint density at radius 1 is 1.42 bits per heavy atom. The van der Waals surface area contributed by atoms with Crippen molar-refractivity contribution in [2.75, 3.05) is 25.1 Å². The Morgan fingerprint density at radius 3 is 3.05 bits per heavy atom. The summed E-state index contributed by atoms with van der Waals surface area (Å²) in [5.74, 6) is 1.91. The summed E-state index contributed by atoms with van der Waals surface area (Å²) in [6.07, 6.45) is 2.26. The van der Waals surface area contributed by atoms with Gasteiger partial charge in [-0.3, -0.25) is 0 Å². The summed E-state index contributed by atoms with van der Waals surface area (Å²) in [6, 6.07) is 4.55. The molecule has 0 aromatic heterocycles. The molecule has 19 heavy (non-hydrogen) atoms. The minimum Gasteiger partial charge on any atom is -0.492 e. The molecule has 0 spiro atoms. The van der Waals surface area contributed by atoms with Gasteiger partial charge in [0.25, 0.3) is 0 Å². The number of hydrogen-bond donors (Lipinski definition) is 1. The summed E-state index contributed by atoms with van der Waals surface area (Å²) in [7, 11) is 0. The van der Waals surface area contributed by atoms with Crippen molar-refractivity contribution in [2.24, 2.45) is 0 Å². The van der Waals surface area contributed by atoms with Gasteiger partial charge < -0.3 is 19.5 Å². The van der Waals surface area contributed by atoms with E-state index in [1.54, 1.807) is 0 Å². The molecule has 2 atom stereocenters. The number of benzene rings is 1. The average Bonchev–Trinajstić information content (AvgIpc) is 2.98. The lowest BCUT2D eigenvalue weighted by atomic mass is 10.1. The Morgan fingerprint density at radius 2 is 2.32 bits per heavy atom. The summed E-state index contributed by atoms with van der Waals surface area (Å²) >= 11 is 0. The van der Waals surface area contributed by atoms with E-state index in [0.29, 0.717) is 12.6 Å². The molecule has 0 saturated carbocycles. The third-order valence-electron chi connectivity index (χ3n) is 3.59. The molecule has 0 amide bonds. The molecule has 2 heterocycles. The van der Waals surface area contributed by atoms with Gasteiger partial charge >= 0.3 is 0 Å². The van der Waals surface area contributed by atoms with Crippen molar-refractivity contribution in [3.8, 4) is 11.5 Å². The van der Waals surface area contributed by atoms with Gasteiger partial charge in [0, 0.05) is 24.7 Å². The van der Waals surface area contributed by atoms with Gasteiger partial charge in [-0.15, -0.1) is 0 Å². The maximum atomic E-state index is 5.82. The zero-order valence-corrected chi connectivity index (χ0v) is 11.6. The second-order valence-corrected chi connectivity index (χ2v) is 5.23. The number of anilines is 1. The monoisotopic (exact) mass is 263 g/mol. The standard InChI is InChI=1S/C15H21NO3/c1-3-18-15-7-11-6-10(2)19-14(11)8-13(15)16-12-4-5-17-9-12/h7-8,10,12,16H,3-6,9H2,1-2H3/t10-,12+/m1/s1. The van der Waals surface area contributed by atoms with Crippen molar-refractivity contribution < 1.29 is 14.2 Å². The predicted octanol–water partition coefficient (Wildman–Crippen LogP) is 2.61. The van der Waals surface area contributed by atoms with Crippen LogP contribution in [0.25, 0.3) is 0 Å². The lowest BCUT2D eigenvalue weighted by Gasteiger charge is -2.17. The fourth-order valence-electron chi connectivity index (χ4n) is 2.70. The van der Waals surface area contributed by atoms with Gasteiger partial charge in [0.15, 0.2) is 0 Å². The Bertz CT molecular complexity index is 455. The fourth-order valence-corrected chi connectivity index (χ4v) is 2.70. The molecule has 2 aliphatic rings. The van der Waals surface area contributed by atoms with Crippen molar-refractivity contribution in [2.45, 2.75) is 38.8 Å². The molecule has 1 aromatic carbocycles. The van der Waals surface area contributed by atoms with Crippen molar-refractivity contribution in [3.63, 3.8) is 0 Å². The van der Waals surface area contributed by atoms with Crippen molar-refractivity contribution in [1.82, 2.24) is 0 Å². The van der Waals surface area contributed by atoms with Crippen LogP contribution in [0.2, 0.25) is 0 Å². The molecular formula is C15H21NO3. The second-order valence-electron chi connectivity index (χ2n) is 5.23. The van der Waals surface area contributed by atoms with Gasteiger partial charge in [0.1, 0.15) is 17.6 Å². The Labute approximate surface area is 114 Å². The number of rotatable bonds is 4. The highest BCUT2D eigenvalue weighted by Crippen LogP contribution is 2.38. The van der Waals surface area contributed by atoms with Crippen LogP contribution in [0.15, 0.2) is 12.1 Å². The lowest BCUT2D eigenvalue weighted by molar-refractivity contribution is 0.195. The van der Waals surface area contributed by atoms with Gasteiger partial charge in [-0.25, -0.2) is 0 Å². The first-order valence-corrected chi connectivity index (χ1v) is 7.07. The van der Waals surface area contributed by atoms with Gasteiger partial charge in [0.05, 0.1) is 24.9 Å². The number of hydrogen-bond acceptors (Lipinski definition) is 4. The van der Waals surface area contributed by atoms with Crippen LogP contribution in [0.4, 0.5) is 5.69 Å². The molecule has 0 radical (unpaired) electrons. The van der Waals surface area contributed by atoms with Crippen LogP contribution >= 0.6 is 0 Å². The van der Waals surface area contributed by atoms with E-state index in [1.165, 1.54) is 5.56 Å². The molecule has 2 aliphatic heterocycles. The van der Waals surface area contributed by atoms with Crippen LogP contribution in [0, 0.1) is 0 Å². The number of fused-ring (bicyclic) bond motifs is 1. The van der Waals surface area contributed by atoms with E-state index in [0.717, 1.165) is 43.2 Å². The largest absolute Gasteiger partial charge is 0.492 e. The molecule has 1 fully saturated rings. The van der Waals surface area contributed by atoms with Crippen molar-refractivity contribution >= 4 is 5.69 Å². The van der Waals surface area contributed by atoms with Crippen molar-refractivity contribution in [1.29, 1.82) is 0 Å². The zero-order valence-electron chi connectivity index (χ0n) is 11.6. The van der Waals surface area contributed by atoms with E-state index >= 15 is 0 Å². The molecule has 1 aromatic rings. The van der Waals surface area contributed by atoms with Crippen LogP contribution in [-0.4, -0.2) is 32.0 Å². The smallest absolute Gasteiger partial charge is 0.142 e. The Balaban J connectivity index is 1.85. The van der Waals surface area contributed by atoms with Gasteiger partial charge in [-0.2, -0.15) is 0 Å². The third kappa shape index (κ3) is 2.63. The second kappa shape index (κ2) is 5.29. The number of nitrogens with one attached hydrogen (secondary N) is 1. The maximum absolute atomic E-state index is 5.82. The normalized spacial score (nSPS) is 24.9.